The lowest BCUT2D eigenvalue weighted by molar-refractivity contribution is 0.238. The molecule has 1 aromatic heterocycles. The first-order chi connectivity index (χ1) is 11.3. The molecule has 128 valence electrons. The van der Waals surface area contributed by atoms with Crippen LogP contribution in [0.1, 0.15) is 43.2 Å². The summed E-state index contributed by atoms with van der Waals surface area (Å²) in [6.07, 6.45) is 0.753. The minimum atomic E-state index is -0.119. The number of hydrogen-bond acceptors (Lipinski definition) is 4. The summed E-state index contributed by atoms with van der Waals surface area (Å²) in [5.41, 5.74) is 3.27. The van der Waals surface area contributed by atoms with Crippen molar-refractivity contribution < 1.29 is 5.11 Å². The van der Waals surface area contributed by atoms with Gasteiger partial charge in [0.15, 0.2) is 4.77 Å². The fraction of sp³-hybridized carbons (Fsp3) is 0.444. The highest BCUT2D eigenvalue weighted by atomic mass is 32.1. The molecule has 0 spiro atoms. The van der Waals surface area contributed by atoms with E-state index in [0.29, 0.717) is 23.6 Å². The Morgan fingerprint density at radius 3 is 2.75 bits per heavy atom. The van der Waals surface area contributed by atoms with Crippen LogP contribution in [0.2, 0.25) is 0 Å². The van der Waals surface area contributed by atoms with Crippen molar-refractivity contribution in [1.29, 1.82) is 0 Å². The summed E-state index contributed by atoms with van der Waals surface area (Å²) in [7, 11) is 0. The van der Waals surface area contributed by atoms with E-state index in [0.717, 1.165) is 35.3 Å². The van der Waals surface area contributed by atoms with Gasteiger partial charge in [-0.3, -0.25) is 14.7 Å². The number of aromatic nitrogens is 2. The highest BCUT2D eigenvalue weighted by molar-refractivity contribution is 7.71. The quantitative estimate of drug-likeness (QED) is 0.732. The van der Waals surface area contributed by atoms with Crippen molar-refractivity contribution in [3.8, 4) is 5.75 Å². The van der Waals surface area contributed by atoms with Gasteiger partial charge in [-0.25, -0.2) is 0 Å². The SMILES string of the molecule is CC(C)(C)c1cccc(CN2CCc3[nH]c(=S)[nH]c(=O)c3C2)c1O. The van der Waals surface area contributed by atoms with Crippen LogP contribution in [0, 0.1) is 4.77 Å². The van der Waals surface area contributed by atoms with E-state index in [1.54, 1.807) is 0 Å². The van der Waals surface area contributed by atoms with Crippen LogP contribution in [0.25, 0.3) is 0 Å². The number of para-hydroxylation sites is 1. The van der Waals surface area contributed by atoms with Crippen LogP contribution in [-0.2, 0) is 24.9 Å². The summed E-state index contributed by atoms with van der Waals surface area (Å²) in [6.45, 7) is 8.25. The Labute approximate surface area is 146 Å². The van der Waals surface area contributed by atoms with Crippen molar-refractivity contribution in [2.45, 2.75) is 45.7 Å². The molecule has 1 aromatic carbocycles. The molecule has 0 fully saturated rings. The zero-order valence-electron chi connectivity index (χ0n) is 14.3. The highest BCUT2D eigenvalue weighted by Crippen LogP contribution is 2.34. The molecule has 1 aliphatic heterocycles. The molecule has 0 amide bonds. The molecule has 0 aliphatic carbocycles. The zero-order valence-corrected chi connectivity index (χ0v) is 15.1. The van der Waals surface area contributed by atoms with Crippen LogP contribution < -0.4 is 5.56 Å². The van der Waals surface area contributed by atoms with Crippen LogP contribution in [-0.4, -0.2) is 26.5 Å². The second-order valence-corrected chi connectivity index (χ2v) is 7.80. The molecule has 24 heavy (non-hydrogen) atoms. The van der Waals surface area contributed by atoms with Crippen molar-refractivity contribution in [3.05, 3.63) is 55.7 Å². The van der Waals surface area contributed by atoms with E-state index < -0.39 is 0 Å². The number of rotatable bonds is 2. The lowest BCUT2D eigenvalue weighted by Crippen LogP contribution is -2.35. The first-order valence-corrected chi connectivity index (χ1v) is 8.54. The minimum absolute atomic E-state index is 0.111. The van der Waals surface area contributed by atoms with Gasteiger partial charge in [-0.05, 0) is 23.2 Å². The lowest BCUT2D eigenvalue weighted by Gasteiger charge is -2.29. The van der Waals surface area contributed by atoms with Crippen LogP contribution in [0.3, 0.4) is 0 Å². The number of fused-ring (bicyclic) bond motifs is 1. The summed E-state index contributed by atoms with van der Waals surface area (Å²) in [5.74, 6) is 0.358. The summed E-state index contributed by atoms with van der Waals surface area (Å²) < 4.78 is 0.378. The fourth-order valence-corrected chi connectivity index (χ4v) is 3.43. The zero-order chi connectivity index (χ0) is 17.5. The number of nitrogens with zero attached hydrogens (tertiary/aromatic N) is 1. The number of H-pyrrole nitrogens is 2. The predicted octanol–water partition coefficient (Wildman–Crippen LogP) is 2.99. The number of benzene rings is 1. The summed E-state index contributed by atoms with van der Waals surface area (Å²) in [4.78, 5) is 20.0. The molecular weight excluding hydrogens is 322 g/mol. The Morgan fingerprint density at radius 1 is 1.29 bits per heavy atom. The monoisotopic (exact) mass is 345 g/mol. The van der Waals surface area contributed by atoms with E-state index in [1.165, 1.54) is 0 Å². The van der Waals surface area contributed by atoms with Gasteiger partial charge in [0, 0.05) is 37.3 Å². The Kier molecular flexibility index (Phi) is 4.36. The molecule has 0 radical (unpaired) electrons. The summed E-state index contributed by atoms with van der Waals surface area (Å²) in [5, 5.41) is 10.6. The van der Waals surface area contributed by atoms with Gasteiger partial charge >= 0.3 is 0 Å². The largest absolute Gasteiger partial charge is 0.507 e. The molecule has 2 aromatic rings. The van der Waals surface area contributed by atoms with E-state index in [1.807, 2.05) is 18.2 Å². The molecule has 0 saturated heterocycles. The molecule has 2 heterocycles. The first kappa shape index (κ1) is 16.9. The average Bonchev–Trinajstić information content (AvgIpc) is 2.48. The molecule has 0 bridgehead atoms. The second-order valence-electron chi connectivity index (χ2n) is 7.39. The Hall–Kier alpha value is -1.92. The third-order valence-electron chi connectivity index (χ3n) is 4.51. The minimum Gasteiger partial charge on any atom is -0.507 e. The molecule has 0 unspecified atom stereocenters. The Balaban J connectivity index is 1.86. The number of aromatic hydroxyl groups is 1. The maximum Gasteiger partial charge on any atom is 0.256 e. The molecule has 0 saturated carbocycles. The molecule has 5 nitrogen and oxygen atoms in total. The topological polar surface area (TPSA) is 72.1 Å². The van der Waals surface area contributed by atoms with E-state index >= 15 is 0 Å². The summed E-state index contributed by atoms with van der Waals surface area (Å²) >= 11 is 5.03. The predicted molar refractivity (Wildman–Crippen MR) is 96.9 cm³/mol. The maximum absolute atomic E-state index is 12.1. The highest BCUT2D eigenvalue weighted by Gasteiger charge is 2.23. The first-order valence-electron chi connectivity index (χ1n) is 8.14. The van der Waals surface area contributed by atoms with Crippen LogP contribution in [0.15, 0.2) is 23.0 Å². The second kappa shape index (κ2) is 6.18. The standard InChI is InChI=1S/C18H23N3O2S/c1-18(2,3)13-6-4-5-11(15(13)22)9-21-8-7-14-12(10-21)16(23)20-17(24)19-14/h4-6,22H,7-10H2,1-3H3,(H2,19,20,23,24). The van der Waals surface area contributed by atoms with Crippen molar-refractivity contribution >= 4 is 12.2 Å². The third-order valence-corrected chi connectivity index (χ3v) is 4.72. The number of nitrogens with one attached hydrogen (secondary N) is 2. The Morgan fingerprint density at radius 2 is 2.04 bits per heavy atom. The van der Waals surface area contributed by atoms with Gasteiger partial charge in [0.25, 0.3) is 5.56 Å². The number of phenolic OH excluding ortho intramolecular Hbond substituents is 1. The maximum atomic E-state index is 12.1. The lowest BCUT2D eigenvalue weighted by atomic mass is 9.85. The average molecular weight is 345 g/mol. The van der Waals surface area contributed by atoms with Crippen LogP contribution in [0.4, 0.5) is 0 Å². The number of aromatic amines is 2. The normalized spacial score (nSPS) is 15.3. The summed E-state index contributed by atoms with van der Waals surface area (Å²) in [6, 6.07) is 5.90. The molecule has 1 aliphatic rings. The number of phenols is 1. The van der Waals surface area contributed by atoms with Gasteiger partial charge < -0.3 is 10.1 Å². The van der Waals surface area contributed by atoms with E-state index in [-0.39, 0.29) is 11.0 Å². The van der Waals surface area contributed by atoms with Crippen LogP contribution in [0.5, 0.6) is 5.75 Å². The molecule has 3 rings (SSSR count). The van der Waals surface area contributed by atoms with Crippen molar-refractivity contribution in [2.75, 3.05) is 6.54 Å². The number of hydrogen-bond donors (Lipinski definition) is 3. The van der Waals surface area contributed by atoms with E-state index in [4.69, 9.17) is 12.2 Å². The van der Waals surface area contributed by atoms with Gasteiger partial charge in [-0.15, -0.1) is 0 Å². The van der Waals surface area contributed by atoms with Crippen LogP contribution >= 0.6 is 12.2 Å². The van der Waals surface area contributed by atoms with Gasteiger partial charge in [0.2, 0.25) is 0 Å². The van der Waals surface area contributed by atoms with Gasteiger partial charge in [-0.2, -0.15) is 0 Å². The van der Waals surface area contributed by atoms with Gasteiger partial charge in [0.05, 0.1) is 5.56 Å². The van der Waals surface area contributed by atoms with Crippen molar-refractivity contribution in [3.63, 3.8) is 0 Å². The molecule has 3 N–H and O–H groups in total. The van der Waals surface area contributed by atoms with E-state index in [2.05, 4.69) is 35.6 Å². The molecule has 0 atom stereocenters. The molecule has 6 heteroatoms. The Bertz CT molecular complexity index is 877. The third kappa shape index (κ3) is 3.30. The van der Waals surface area contributed by atoms with E-state index in [9.17, 15) is 9.90 Å². The van der Waals surface area contributed by atoms with Gasteiger partial charge in [-0.1, -0.05) is 39.0 Å². The smallest absolute Gasteiger partial charge is 0.256 e. The van der Waals surface area contributed by atoms with Crippen molar-refractivity contribution in [2.24, 2.45) is 0 Å². The fourth-order valence-electron chi connectivity index (χ4n) is 3.21. The van der Waals surface area contributed by atoms with Crippen molar-refractivity contribution in [1.82, 2.24) is 14.9 Å². The molecular formula is C18H23N3O2S. The van der Waals surface area contributed by atoms with Gasteiger partial charge in [0.1, 0.15) is 5.75 Å².